The van der Waals surface area contributed by atoms with Crippen LogP contribution in [0.15, 0.2) is 60.7 Å². The molecule has 3 fully saturated rings. The van der Waals surface area contributed by atoms with E-state index in [4.69, 9.17) is 25.1 Å². The van der Waals surface area contributed by atoms with Gasteiger partial charge in [0.25, 0.3) is 0 Å². The van der Waals surface area contributed by atoms with Crippen molar-refractivity contribution >= 4 is 11.9 Å². The van der Waals surface area contributed by atoms with Crippen molar-refractivity contribution in [1.82, 2.24) is 0 Å². The van der Waals surface area contributed by atoms with Crippen molar-refractivity contribution in [2.45, 2.75) is 44.0 Å². The van der Waals surface area contributed by atoms with Gasteiger partial charge in [-0.15, -0.1) is 0 Å². The molecule has 10 heteroatoms. The smallest absolute Gasteiger partial charge is 0.430 e. The predicted molar refractivity (Wildman–Crippen MR) is 128 cm³/mol. The number of nitrogens with two attached hydrogens (primary N) is 1. The van der Waals surface area contributed by atoms with Gasteiger partial charge in [-0.2, -0.15) is 13.2 Å². The first kappa shape index (κ1) is 28.5. The number of esters is 1. The summed E-state index contributed by atoms with van der Waals surface area (Å²) in [5.41, 5.74) is 7.22. The third kappa shape index (κ3) is 8.75. The molecule has 3 saturated heterocycles. The van der Waals surface area contributed by atoms with E-state index in [1.54, 1.807) is 0 Å². The summed E-state index contributed by atoms with van der Waals surface area (Å²) in [5.74, 6) is -1.86. The lowest BCUT2D eigenvalue weighted by molar-refractivity contribution is -0.946. The average molecular weight is 523 g/mol. The number of fused-ring (bicyclic) bond motifs is 3. The maximum atomic E-state index is 12.6. The second-order valence-electron chi connectivity index (χ2n) is 9.60. The maximum absolute atomic E-state index is 12.6. The van der Waals surface area contributed by atoms with Crippen LogP contribution in [0, 0.1) is 5.92 Å². The Kier molecular flexibility index (Phi) is 9.93. The number of para-hydroxylation sites is 1. The maximum Gasteiger partial charge on any atom is 0.430 e. The number of nitrogens with zero attached hydrogens (tertiary/aromatic N) is 1. The van der Waals surface area contributed by atoms with Gasteiger partial charge in [0.1, 0.15) is 24.3 Å². The number of hydrogen-bond acceptors (Lipinski definition) is 6. The number of quaternary nitrogens is 1. The Morgan fingerprint density at radius 3 is 2.16 bits per heavy atom. The van der Waals surface area contributed by atoms with Crippen LogP contribution < -0.4 is 15.6 Å². The van der Waals surface area contributed by atoms with Gasteiger partial charge in [0.2, 0.25) is 0 Å². The summed E-state index contributed by atoms with van der Waals surface area (Å²) < 4.78 is 44.4. The lowest BCUT2D eigenvalue weighted by Crippen LogP contribution is -2.65. The predicted octanol–water partition coefficient (Wildman–Crippen LogP) is 2.48. The summed E-state index contributed by atoms with van der Waals surface area (Å²) >= 11 is 0. The number of carboxylic acid groups (broad SMARTS) is 1. The first-order valence-corrected chi connectivity index (χ1v) is 12.4. The second kappa shape index (κ2) is 12.9. The van der Waals surface area contributed by atoms with Gasteiger partial charge in [0, 0.05) is 25.2 Å². The van der Waals surface area contributed by atoms with Crippen LogP contribution in [0.3, 0.4) is 0 Å². The Morgan fingerprint density at radius 1 is 1.03 bits per heavy atom. The number of benzene rings is 2. The summed E-state index contributed by atoms with van der Waals surface area (Å²) in [7, 11) is 0. The van der Waals surface area contributed by atoms with Crippen molar-refractivity contribution in [2.75, 3.05) is 32.8 Å². The van der Waals surface area contributed by atoms with Crippen LogP contribution in [0.4, 0.5) is 13.2 Å². The summed E-state index contributed by atoms with van der Waals surface area (Å²) in [4.78, 5) is 21.4. The van der Waals surface area contributed by atoms with Crippen molar-refractivity contribution in [2.24, 2.45) is 11.7 Å². The first-order chi connectivity index (χ1) is 17.6. The monoisotopic (exact) mass is 522 g/mol. The van der Waals surface area contributed by atoms with E-state index in [-0.39, 0.29) is 12.1 Å². The van der Waals surface area contributed by atoms with Crippen LogP contribution in [0.25, 0.3) is 0 Å². The third-order valence-electron chi connectivity index (χ3n) is 6.93. The quantitative estimate of drug-likeness (QED) is 0.309. The van der Waals surface area contributed by atoms with Gasteiger partial charge in [0.05, 0.1) is 26.2 Å². The fourth-order valence-electron chi connectivity index (χ4n) is 4.96. The summed E-state index contributed by atoms with van der Waals surface area (Å²) in [6.07, 6.45) is -1.41. The minimum atomic E-state index is -5.19. The minimum Gasteiger partial charge on any atom is -0.542 e. The van der Waals surface area contributed by atoms with Crippen LogP contribution in [0.1, 0.15) is 24.8 Å². The van der Waals surface area contributed by atoms with E-state index in [2.05, 4.69) is 0 Å². The highest BCUT2D eigenvalue weighted by Crippen LogP contribution is 2.36. The lowest BCUT2D eigenvalue weighted by atomic mass is 9.83. The fraction of sp³-hybridized carbons (Fsp3) is 0.481. The molecule has 0 radical (unpaired) electrons. The first-order valence-electron chi connectivity index (χ1n) is 12.4. The van der Waals surface area contributed by atoms with Crippen molar-refractivity contribution in [3.8, 4) is 5.75 Å². The molecule has 2 aromatic carbocycles. The van der Waals surface area contributed by atoms with Crippen molar-refractivity contribution < 1.29 is 41.8 Å². The topological polar surface area (TPSA) is 102 Å². The number of alkyl halides is 3. The molecule has 3 aliphatic heterocycles. The lowest BCUT2D eigenvalue weighted by Gasteiger charge is -2.52. The number of ether oxygens (including phenoxy) is 2. The highest BCUT2D eigenvalue weighted by Gasteiger charge is 2.47. The Bertz CT molecular complexity index is 996. The van der Waals surface area contributed by atoms with Gasteiger partial charge in [-0.05, 0) is 24.1 Å². The molecule has 202 valence electrons. The standard InChI is InChI=1S/C25H33N2O3.C2HF3O2/c26-23(18-20-8-3-1-4-9-20)25(28)30-24-19-27(15-12-21(24)13-16-27)14-7-17-29-22-10-5-2-6-11-22;3-2(4,5)1(6)7/h1-6,8-11,21,23-24H,7,12-19,26H2;(H,6,7)/q+1;/p-1/t21?,23-,24-,27?;/m0./s1. The molecule has 3 aliphatic rings. The van der Waals surface area contributed by atoms with E-state index < -0.39 is 18.2 Å². The highest BCUT2D eigenvalue weighted by molar-refractivity contribution is 5.76. The molecule has 7 nitrogen and oxygen atoms in total. The molecule has 2 N–H and O–H groups in total. The highest BCUT2D eigenvalue weighted by atomic mass is 19.4. The Balaban J connectivity index is 0.000000479. The molecule has 0 unspecified atom stereocenters. The largest absolute Gasteiger partial charge is 0.542 e. The molecule has 0 aliphatic carbocycles. The van der Waals surface area contributed by atoms with E-state index in [0.29, 0.717) is 12.3 Å². The molecule has 0 amide bonds. The Hall–Kier alpha value is -3.11. The summed E-state index contributed by atoms with van der Waals surface area (Å²) in [5, 5.41) is 8.78. The normalized spacial score (nSPS) is 23.4. The molecular weight excluding hydrogens is 489 g/mol. The van der Waals surface area contributed by atoms with Crippen LogP contribution >= 0.6 is 0 Å². The number of hydrogen-bond donors (Lipinski definition) is 1. The van der Waals surface area contributed by atoms with Crippen LogP contribution in [0.2, 0.25) is 0 Å². The van der Waals surface area contributed by atoms with Gasteiger partial charge in [0.15, 0.2) is 6.10 Å². The number of carbonyl (C=O) groups is 2. The molecular formula is C27H33F3N2O5. The van der Waals surface area contributed by atoms with E-state index in [0.717, 1.165) is 54.8 Å². The number of piperidine rings is 3. The second-order valence-corrected chi connectivity index (χ2v) is 9.60. The molecule has 3 heterocycles. The molecule has 5 rings (SSSR count). The summed E-state index contributed by atoms with van der Waals surface area (Å²) in [6, 6.07) is 19.3. The fourth-order valence-corrected chi connectivity index (χ4v) is 4.96. The number of carboxylic acids is 1. The molecule has 2 atom stereocenters. The van der Waals surface area contributed by atoms with Gasteiger partial charge in [-0.25, -0.2) is 0 Å². The van der Waals surface area contributed by atoms with Crippen LogP contribution in [-0.4, -0.2) is 67.5 Å². The Morgan fingerprint density at radius 2 is 1.59 bits per heavy atom. The van der Waals surface area contributed by atoms with Crippen LogP contribution in [0.5, 0.6) is 5.75 Å². The minimum absolute atomic E-state index is 0.00290. The van der Waals surface area contributed by atoms with E-state index in [9.17, 15) is 18.0 Å². The zero-order chi connectivity index (χ0) is 26.9. The van der Waals surface area contributed by atoms with E-state index in [1.807, 2.05) is 60.7 Å². The van der Waals surface area contributed by atoms with Gasteiger partial charge in [-0.1, -0.05) is 48.5 Å². The zero-order valence-corrected chi connectivity index (χ0v) is 20.6. The summed E-state index contributed by atoms with van der Waals surface area (Å²) in [6.45, 7) is 5.07. The Labute approximate surface area is 214 Å². The van der Waals surface area contributed by atoms with Gasteiger partial charge in [-0.3, -0.25) is 4.79 Å². The average Bonchev–Trinajstić information content (AvgIpc) is 2.88. The van der Waals surface area contributed by atoms with Crippen molar-refractivity contribution in [3.63, 3.8) is 0 Å². The van der Waals surface area contributed by atoms with Gasteiger partial charge >= 0.3 is 12.1 Å². The molecule has 2 aromatic rings. The van der Waals surface area contributed by atoms with Gasteiger partial charge < -0.3 is 29.6 Å². The molecule has 0 spiro atoms. The number of rotatable bonds is 9. The zero-order valence-electron chi connectivity index (χ0n) is 20.6. The molecule has 0 aromatic heterocycles. The van der Waals surface area contributed by atoms with E-state index in [1.165, 1.54) is 13.1 Å². The molecule has 0 saturated carbocycles. The number of aliphatic carboxylic acids is 1. The number of halogens is 3. The van der Waals surface area contributed by atoms with E-state index >= 15 is 0 Å². The number of carbonyl (C=O) groups excluding carboxylic acids is 2. The SMILES string of the molecule is N[C@@H](Cc1ccccc1)C(=O)O[C@H]1C[N+]2(CCCOc3ccccc3)CCC1CC2.O=C([O-])C(F)(F)F. The molecule has 37 heavy (non-hydrogen) atoms. The van der Waals surface area contributed by atoms with Crippen LogP contribution in [-0.2, 0) is 20.7 Å². The van der Waals surface area contributed by atoms with Crippen molar-refractivity contribution in [3.05, 3.63) is 66.2 Å². The van der Waals surface area contributed by atoms with Crippen molar-refractivity contribution in [1.29, 1.82) is 0 Å². The molecule has 2 bridgehead atoms. The third-order valence-corrected chi connectivity index (χ3v) is 6.93.